The minimum atomic E-state index is -0.276. The average molecular weight is 278 g/mol. The zero-order chi connectivity index (χ0) is 14.3. The minimum absolute atomic E-state index is 0.193. The van der Waals surface area contributed by atoms with E-state index in [1.807, 2.05) is 0 Å². The largest absolute Gasteiger partial charge is 0.330 e. The van der Waals surface area contributed by atoms with Crippen molar-refractivity contribution < 1.29 is 0 Å². The van der Waals surface area contributed by atoms with Crippen LogP contribution in [0, 0.1) is 5.92 Å². The smallest absolute Gasteiger partial charge is 0.308 e. The second kappa shape index (κ2) is 5.18. The van der Waals surface area contributed by atoms with Crippen LogP contribution >= 0.6 is 0 Å². The summed E-state index contributed by atoms with van der Waals surface area (Å²) < 4.78 is 2.64. The van der Waals surface area contributed by atoms with Crippen LogP contribution in [0.3, 0.4) is 0 Å². The first kappa shape index (κ1) is 13.6. The summed E-state index contributed by atoms with van der Waals surface area (Å²) in [5.41, 5.74) is 0.189. The lowest BCUT2D eigenvalue weighted by molar-refractivity contribution is 0.0719. The molecule has 2 bridgehead atoms. The highest BCUT2D eigenvalue weighted by Crippen LogP contribution is 2.27. The third kappa shape index (κ3) is 2.33. The monoisotopic (exact) mass is 278 g/mol. The summed E-state index contributed by atoms with van der Waals surface area (Å²) in [6, 6.07) is 0.472. The minimum Gasteiger partial charge on any atom is -0.308 e. The molecule has 1 aromatic heterocycles. The number of nitrogens with one attached hydrogen (secondary N) is 1. The van der Waals surface area contributed by atoms with Crippen molar-refractivity contribution in [2.24, 2.45) is 20.0 Å². The van der Waals surface area contributed by atoms with Gasteiger partial charge in [-0.3, -0.25) is 9.36 Å². The summed E-state index contributed by atoms with van der Waals surface area (Å²) >= 11 is 0. The SMILES string of the molecule is Cn1cc(CNC2CN3CCC2CC3)c(=O)n(C)c1=O. The number of nitrogens with zero attached hydrogens (tertiary/aromatic N) is 3. The summed E-state index contributed by atoms with van der Waals surface area (Å²) in [6.07, 6.45) is 4.16. The Bertz CT molecular complexity index is 611. The molecule has 3 aliphatic rings. The van der Waals surface area contributed by atoms with E-state index in [-0.39, 0.29) is 11.2 Å². The van der Waals surface area contributed by atoms with Crippen LogP contribution in [0.1, 0.15) is 18.4 Å². The molecule has 0 aliphatic carbocycles. The first-order valence-electron chi connectivity index (χ1n) is 7.27. The lowest BCUT2D eigenvalue weighted by Gasteiger charge is -2.45. The zero-order valence-corrected chi connectivity index (χ0v) is 12.1. The molecule has 4 rings (SSSR count). The van der Waals surface area contributed by atoms with Gasteiger partial charge in [-0.15, -0.1) is 0 Å². The van der Waals surface area contributed by atoms with Crippen LogP contribution in [0.25, 0.3) is 0 Å². The predicted molar refractivity (Wildman–Crippen MR) is 76.7 cm³/mol. The van der Waals surface area contributed by atoms with E-state index in [1.165, 1.54) is 42.1 Å². The zero-order valence-electron chi connectivity index (χ0n) is 12.1. The standard InChI is InChI=1S/C14H22N4O2/c1-16-8-11(13(19)17(2)14(16)20)7-15-12-9-18-5-3-10(12)4-6-18/h8,10,12,15H,3-7,9H2,1-2H3. The molecule has 4 heterocycles. The van der Waals surface area contributed by atoms with Crippen molar-refractivity contribution >= 4 is 0 Å². The number of rotatable bonds is 3. The molecule has 1 unspecified atom stereocenters. The first-order valence-corrected chi connectivity index (χ1v) is 7.27. The molecule has 6 heteroatoms. The van der Waals surface area contributed by atoms with Gasteiger partial charge < -0.3 is 14.8 Å². The number of hydrogen-bond acceptors (Lipinski definition) is 4. The number of hydrogen-bond donors (Lipinski definition) is 1. The molecule has 3 aliphatic heterocycles. The van der Waals surface area contributed by atoms with Crippen molar-refractivity contribution in [1.82, 2.24) is 19.4 Å². The average Bonchev–Trinajstić information content (AvgIpc) is 2.48. The molecule has 0 radical (unpaired) electrons. The summed E-state index contributed by atoms with van der Waals surface area (Å²) in [5, 5.41) is 3.51. The lowest BCUT2D eigenvalue weighted by Crippen LogP contribution is -2.56. The molecule has 20 heavy (non-hydrogen) atoms. The maximum atomic E-state index is 12.1. The van der Waals surface area contributed by atoms with Gasteiger partial charge in [-0.05, 0) is 31.8 Å². The van der Waals surface area contributed by atoms with Gasteiger partial charge in [0.25, 0.3) is 5.56 Å². The molecular weight excluding hydrogens is 256 g/mol. The Morgan fingerprint density at radius 3 is 2.55 bits per heavy atom. The maximum absolute atomic E-state index is 12.1. The summed E-state index contributed by atoms with van der Waals surface area (Å²) in [7, 11) is 3.21. The molecule has 3 saturated heterocycles. The Kier molecular flexibility index (Phi) is 3.52. The Morgan fingerprint density at radius 2 is 1.95 bits per heavy atom. The fourth-order valence-corrected chi connectivity index (χ4v) is 3.44. The van der Waals surface area contributed by atoms with Crippen LogP contribution in [0.4, 0.5) is 0 Å². The van der Waals surface area contributed by atoms with Crippen molar-refractivity contribution in [2.75, 3.05) is 19.6 Å². The highest BCUT2D eigenvalue weighted by atomic mass is 16.2. The van der Waals surface area contributed by atoms with E-state index in [9.17, 15) is 9.59 Å². The first-order chi connectivity index (χ1) is 9.56. The molecule has 0 amide bonds. The van der Waals surface area contributed by atoms with Gasteiger partial charge in [0.2, 0.25) is 0 Å². The fraction of sp³-hybridized carbons (Fsp3) is 0.714. The Balaban J connectivity index is 1.73. The Morgan fingerprint density at radius 1 is 1.25 bits per heavy atom. The molecule has 1 atom stereocenters. The second-order valence-corrected chi connectivity index (χ2v) is 6.04. The number of aromatic nitrogens is 2. The van der Waals surface area contributed by atoms with Crippen molar-refractivity contribution in [1.29, 1.82) is 0 Å². The molecule has 1 aromatic rings. The van der Waals surface area contributed by atoms with Crippen molar-refractivity contribution in [3.05, 3.63) is 32.6 Å². The number of fused-ring (bicyclic) bond motifs is 3. The van der Waals surface area contributed by atoms with Crippen molar-refractivity contribution in [2.45, 2.75) is 25.4 Å². The topological polar surface area (TPSA) is 59.3 Å². The third-order valence-corrected chi connectivity index (χ3v) is 4.73. The third-order valence-electron chi connectivity index (χ3n) is 4.73. The lowest BCUT2D eigenvalue weighted by atomic mass is 9.84. The summed E-state index contributed by atoms with van der Waals surface area (Å²) in [5.74, 6) is 0.733. The van der Waals surface area contributed by atoms with Gasteiger partial charge in [0.15, 0.2) is 0 Å². The van der Waals surface area contributed by atoms with Crippen molar-refractivity contribution in [3.8, 4) is 0 Å². The quantitative estimate of drug-likeness (QED) is 0.792. The molecule has 3 fully saturated rings. The molecule has 110 valence electrons. The number of piperidine rings is 3. The fourth-order valence-electron chi connectivity index (χ4n) is 3.44. The highest BCUT2D eigenvalue weighted by Gasteiger charge is 2.33. The van der Waals surface area contributed by atoms with Crippen LogP contribution in [-0.4, -0.2) is 39.7 Å². The Labute approximate surface area is 118 Å². The van der Waals surface area contributed by atoms with E-state index in [4.69, 9.17) is 0 Å². The second-order valence-electron chi connectivity index (χ2n) is 6.04. The van der Waals surface area contributed by atoms with Gasteiger partial charge in [0.05, 0.1) is 0 Å². The van der Waals surface area contributed by atoms with E-state index < -0.39 is 0 Å². The summed E-state index contributed by atoms with van der Waals surface area (Å²) in [4.78, 5) is 26.2. The van der Waals surface area contributed by atoms with Crippen LogP contribution in [0.2, 0.25) is 0 Å². The van der Waals surface area contributed by atoms with E-state index >= 15 is 0 Å². The molecule has 0 spiro atoms. The van der Waals surface area contributed by atoms with Gasteiger partial charge in [-0.25, -0.2) is 4.79 Å². The predicted octanol–water partition coefficient (Wildman–Crippen LogP) is -0.732. The van der Waals surface area contributed by atoms with Gasteiger partial charge in [-0.1, -0.05) is 0 Å². The molecule has 1 N–H and O–H groups in total. The number of aryl methyl sites for hydroxylation is 1. The molecule has 0 saturated carbocycles. The normalized spacial score (nSPS) is 28.8. The van der Waals surface area contributed by atoms with Crippen molar-refractivity contribution in [3.63, 3.8) is 0 Å². The van der Waals surface area contributed by atoms with Crippen LogP contribution in [0.5, 0.6) is 0 Å². The highest BCUT2D eigenvalue weighted by molar-refractivity contribution is 5.06. The van der Waals surface area contributed by atoms with Gasteiger partial charge in [0, 0.05) is 45.0 Å². The van der Waals surface area contributed by atoms with E-state index in [0.29, 0.717) is 18.2 Å². The van der Waals surface area contributed by atoms with Gasteiger partial charge >= 0.3 is 5.69 Å². The van der Waals surface area contributed by atoms with Crippen LogP contribution in [0.15, 0.2) is 15.8 Å². The maximum Gasteiger partial charge on any atom is 0.330 e. The van der Waals surface area contributed by atoms with Gasteiger partial charge in [0.1, 0.15) is 0 Å². The van der Waals surface area contributed by atoms with E-state index in [1.54, 1.807) is 13.2 Å². The van der Waals surface area contributed by atoms with Crippen LogP contribution in [-0.2, 0) is 20.6 Å². The van der Waals surface area contributed by atoms with E-state index in [2.05, 4.69) is 10.2 Å². The Hall–Kier alpha value is -1.40. The molecular formula is C14H22N4O2. The molecule has 6 nitrogen and oxygen atoms in total. The molecule has 0 aromatic carbocycles. The van der Waals surface area contributed by atoms with E-state index in [0.717, 1.165) is 12.5 Å². The summed E-state index contributed by atoms with van der Waals surface area (Å²) in [6.45, 7) is 4.04. The van der Waals surface area contributed by atoms with Gasteiger partial charge in [-0.2, -0.15) is 0 Å². The van der Waals surface area contributed by atoms with Crippen LogP contribution < -0.4 is 16.6 Å².